The first-order valence-electron chi connectivity index (χ1n) is 7.69. The Morgan fingerprint density at radius 1 is 1.25 bits per heavy atom. The molecule has 0 saturated carbocycles. The summed E-state index contributed by atoms with van der Waals surface area (Å²) in [7, 11) is 2.21. The number of nitrogens with zero attached hydrogens (tertiary/aromatic N) is 3. The van der Waals surface area contributed by atoms with Crippen molar-refractivity contribution in [1.82, 2.24) is 14.9 Å². The number of likely N-dealkylation sites (tertiary alicyclic amines) is 1. The minimum absolute atomic E-state index is 0.717. The van der Waals surface area contributed by atoms with Crippen LogP contribution in [0.2, 0.25) is 0 Å². The maximum atomic E-state index is 4.48. The molecule has 1 saturated heterocycles. The summed E-state index contributed by atoms with van der Waals surface area (Å²) in [5.74, 6) is 2.51. The van der Waals surface area contributed by atoms with Crippen LogP contribution in [0.4, 0.5) is 11.8 Å². The zero-order chi connectivity index (χ0) is 14.4. The summed E-state index contributed by atoms with van der Waals surface area (Å²) in [6.07, 6.45) is 3.88. The van der Waals surface area contributed by atoms with E-state index in [-0.39, 0.29) is 0 Å². The predicted octanol–water partition coefficient (Wildman–Crippen LogP) is 2.36. The van der Waals surface area contributed by atoms with E-state index in [1.165, 1.54) is 32.4 Å². The molecule has 1 aromatic rings. The molecular weight excluding hydrogens is 250 g/mol. The van der Waals surface area contributed by atoms with Crippen LogP contribution in [-0.2, 0) is 0 Å². The minimum atomic E-state index is 0.717. The predicted molar refractivity (Wildman–Crippen MR) is 84.3 cm³/mol. The Morgan fingerprint density at radius 3 is 2.70 bits per heavy atom. The molecule has 2 heterocycles. The Bertz CT molecular complexity index is 413. The van der Waals surface area contributed by atoms with Crippen LogP contribution in [0, 0.1) is 12.8 Å². The molecule has 2 N–H and O–H groups in total. The summed E-state index contributed by atoms with van der Waals surface area (Å²) in [6.45, 7) is 8.38. The van der Waals surface area contributed by atoms with Crippen LogP contribution in [0.15, 0.2) is 6.07 Å². The highest BCUT2D eigenvalue weighted by Gasteiger charge is 2.16. The highest BCUT2D eigenvalue weighted by molar-refractivity contribution is 5.41. The molecule has 0 amide bonds. The van der Waals surface area contributed by atoms with E-state index >= 15 is 0 Å². The van der Waals surface area contributed by atoms with Crippen molar-refractivity contribution in [2.45, 2.75) is 33.1 Å². The lowest BCUT2D eigenvalue weighted by Gasteiger charge is -2.28. The average molecular weight is 277 g/mol. The van der Waals surface area contributed by atoms with Crippen molar-refractivity contribution in [3.8, 4) is 0 Å². The number of hydrogen-bond donors (Lipinski definition) is 2. The van der Waals surface area contributed by atoms with Gasteiger partial charge in [0.2, 0.25) is 5.95 Å². The molecule has 0 spiro atoms. The molecule has 0 bridgehead atoms. The second-order valence-corrected chi connectivity index (χ2v) is 5.71. The summed E-state index contributed by atoms with van der Waals surface area (Å²) in [5, 5.41) is 6.60. The lowest BCUT2D eigenvalue weighted by molar-refractivity contribution is 0.215. The number of aromatic nitrogens is 2. The van der Waals surface area contributed by atoms with Crippen LogP contribution < -0.4 is 10.6 Å². The highest BCUT2D eigenvalue weighted by Crippen LogP contribution is 2.19. The van der Waals surface area contributed by atoms with Gasteiger partial charge in [0, 0.05) is 24.8 Å². The summed E-state index contributed by atoms with van der Waals surface area (Å²) in [5.41, 5.74) is 0.998. The van der Waals surface area contributed by atoms with Gasteiger partial charge in [-0.15, -0.1) is 0 Å². The molecule has 1 aromatic heterocycles. The first-order valence-corrected chi connectivity index (χ1v) is 7.69. The molecule has 1 aliphatic heterocycles. The van der Waals surface area contributed by atoms with Crippen LogP contribution in [0.5, 0.6) is 0 Å². The van der Waals surface area contributed by atoms with Crippen molar-refractivity contribution in [2.24, 2.45) is 5.92 Å². The fraction of sp³-hybridized carbons (Fsp3) is 0.733. The topological polar surface area (TPSA) is 53.1 Å². The van der Waals surface area contributed by atoms with Gasteiger partial charge in [0.25, 0.3) is 0 Å². The van der Waals surface area contributed by atoms with Crippen LogP contribution in [0.3, 0.4) is 0 Å². The van der Waals surface area contributed by atoms with Gasteiger partial charge in [0.05, 0.1) is 0 Å². The summed E-state index contributed by atoms with van der Waals surface area (Å²) in [6, 6.07) is 2.01. The number of rotatable bonds is 6. The van der Waals surface area contributed by atoms with Gasteiger partial charge in [0.1, 0.15) is 5.82 Å². The lowest BCUT2D eigenvalue weighted by Crippen LogP contribution is -2.30. The fourth-order valence-electron chi connectivity index (χ4n) is 2.65. The van der Waals surface area contributed by atoms with Crippen LogP contribution >= 0.6 is 0 Å². The van der Waals surface area contributed by atoms with Crippen molar-refractivity contribution >= 4 is 11.8 Å². The van der Waals surface area contributed by atoms with E-state index in [1.54, 1.807) is 0 Å². The van der Waals surface area contributed by atoms with E-state index in [0.29, 0.717) is 5.95 Å². The number of piperidine rings is 1. The molecule has 1 fully saturated rings. The van der Waals surface area contributed by atoms with Gasteiger partial charge < -0.3 is 15.5 Å². The van der Waals surface area contributed by atoms with Gasteiger partial charge in [-0.05, 0) is 59.2 Å². The Labute approximate surface area is 122 Å². The third-order valence-corrected chi connectivity index (χ3v) is 3.89. The summed E-state index contributed by atoms with van der Waals surface area (Å²) >= 11 is 0. The fourth-order valence-corrected chi connectivity index (χ4v) is 2.65. The maximum absolute atomic E-state index is 4.48. The molecule has 1 aliphatic rings. The Kier molecular flexibility index (Phi) is 5.59. The van der Waals surface area contributed by atoms with Gasteiger partial charge in [-0.2, -0.15) is 4.98 Å². The van der Waals surface area contributed by atoms with Gasteiger partial charge in [-0.25, -0.2) is 4.98 Å². The lowest BCUT2D eigenvalue weighted by atomic mass is 9.94. The van der Waals surface area contributed by atoms with E-state index in [0.717, 1.165) is 30.5 Å². The monoisotopic (exact) mass is 277 g/mol. The molecule has 20 heavy (non-hydrogen) atoms. The standard InChI is InChI=1S/C15H27N5/c1-4-16-15-18-12(2)11-14(19-15)17-8-5-13-6-9-20(3)10-7-13/h11,13H,4-10H2,1-3H3,(H2,16,17,18,19). The average Bonchev–Trinajstić information content (AvgIpc) is 2.41. The summed E-state index contributed by atoms with van der Waals surface area (Å²) in [4.78, 5) is 11.3. The third-order valence-electron chi connectivity index (χ3n) is 3.89. The van der Waals surface area contributed by atoms with Crippen molar-refractivity contribution in [2.75, 3.05) is 43.9 Å². The Hall–Kier alpha value is -1.36. The largest absolute Gasteiger partial charge is 0.370 e. The summed E-state index contributed by atoms with van der Waals surface area (Å²) < 4.78 is 0. The molecular formula is C15H27N5. The zero-order valence-corrected chi connectivity index (χ0v) is 12.9. The van der Waals surface area contributed by atoms with E-state index in [1.807, 2.05) is 13.0 Å². The number of nitrogens with one attached hydrogen (secondary N) is 2. The smallest absolute Gasteiger partial charge is 0.224 e. The van der Waals surface area contributed by atoms with Crippen molar-refractivity contribution < 1.29 is 0 Å². The molecule has 0 aliphatic carbocycles. The van der Waals surface area contributed by atoms with Crippen LogP contribution in [0.1, 0.15) is 31.9 Å². The number of hydrogen-bond acceptors (Lipinski definition) is 5. The van der Waals surface area contributed by atoms with Gasteiger partial charge in [-0.1, -0.05) is 0 Å². The van der Waals surface area contributed by atoms with Crippen molar-refractivity contribution in [3.63, 3.8) is 0 Å². The van der Waals surface area contributed by atoms with E-state index in [2.05, 4.69) is 39.5 Å². The SMILES string of the molecule is CCNc1nc(C)cc(NCCC2CCN(C)CC2)n1. The molecule has 5 nitrogen and oxygen atoms in total. The molecule has 2 rings (SSSR count). The first kappa shape index (κ1) is 15.0. The maximum Gasteiger partial charge on any atom is 0.224 e. The van der Waals surface area contributed by atoms with Crippen LogP contribution in [0.25, 0.3) is 0 Å². The second kappa shape index (κ2) is 7.43. The minimum Gasteiger partial charge on any atom is -0.370 e. The number of anilines is 2. The molecule has 0 aromatic carbocycles. The third kappa shape index (κ3) is 4.63. The van der Waals surface area contributed by atoms with E-state index < -0.39 is 0 Å². The van der Waals surface area contributed by atoms with Crippen LogP contribution in [-0.4, -0.2) is 48.1 Å². The molecule has 0 atom stereocenters. The van der Waals surface area contributed by atoms with Crippen molar-refractivity contribution in [3.05, 3.63) is 11.8 Å². The van der Waals surface area contributed by atoms with Gasteiger partial charge in [0.15, 0.2) is 0 Å². The Balaban J connectivity index is 1.78. The van der Waals surface area contributed by atoms with Crippen molar-refractivity contribution in [1.29, 1.82) is 0 Å². The molecule has 112 valence electrons. The Morgan fingerprint density at radius 2 is 2.00 bits per heavy atom. The number of aryl methyl sites for hydroxylation is 1. The second-order valence-electron chi connectivity index (χ2n) is 5.71. The van der Waals surface area contributed by atoms with E-state index in [4.69, 9.17) is 0 Å². The van der Waals surface area contributed by atoms with Gasteiger partial charge in [-0.3, -0.25) is 0 Å². The van der Waals surface area contributed by atoms with E-state index in [9.17, 15) is 0 Å². The molecule has 5 heteroatoms. The quantitative estimate of drug-likeness (QED) is 0.836. The first-order chi connectivity index (χ1) is 9.67. The highest BCUT2D eigenvalue weighted by atomic mass is 15.1. The molecule has 0 unspecified atom stereocenters. The zero-order valence-electron chi connectivity index (χ0n) is 12.9. The van der Waals surface area contributed by atoms with Gasteiger partial charge >= 0.3 is 0 Å². The normalized spacial score (nSPS) is 17.1. The molecule has 0 radical (unpaired) electrons.